The van der Waals surface area contributed by atoms with E-state index in [2.05, 4.69) is 10.0 Å². The maximum absolute atomic E-state index is 13.8. The highest BCUT2D eigenvalue weighted by atomic mass is 35.5. The number of nitrogens with two attached hydrogens (primary N) is 1. The van der Waals surface area contributed by atoms with Crippen molar-refractivity contribution in [3.8, 4) is 0 Å². The summed E-state index contributed by atoms with van der Waals surface area (Å²) in [5, 5.41) is 2.63. The number of sulfonamides is 1. The Morgan fingerprint density at radius 1 is 1.50 bits per heavy atom. The zero-order valence-corrected chi connectivity index (χ0v) is 11.9. The third-order valence-corrected chi connectivity index (χ3v) is 4.57. The molecule has 0 spiro atoms. The van der Waals surface area contributed by atoms with Gasteiger partial charge in [-0.3, -0.25) is 4.79 Å². The van der Waals surface area contributed by atoms with Gasteiger partial charge in [0.1, 0.15) is 4.90 Å². The molecule has 6 nitrogen and oxygen atoms in total. The molecule has 1 aliphatic heterocycles. The minimum Gasteiger partial charge on any atom is -0.396 e. The van der Waals surface area contributed by atoms with Crippen LogP contribution in [0.2, 0.25) is 5.02 Å². The van der Waals surface area contributed by atoms with Crippen LogP contribution in [0, 0.1) is 5.82 Å². The smallest absolute Gasteiger partial charge is 0.243 e. The van der Waals surface area contributed by atoms with Crippen molar-refractivity contribution < 1.29 is 17.6 Å². The van der Waals surface area contributed by atoms with Crippen molar-refractivity contribution in [1.82, 2.24) is 10.0 Å². The van der Waals surface area contributed by atoms with Gasteiger partial charge in [0.2, 0.25) is 15.9 Å². The standard InChI is InChI=1S/C11H13ClFN3O3S/c12-6-3-8(14)11(13)9(4-6)20(18,19)15-5-7-1-2-10(17)16-7/h3-4,7,15H,1-2,5,14H2,(H,16,17). The summed E-state index contributed by atoms with van der Waals surface area (Å²) >= 11 is 5.68. The summed E-state index contributed by atoms with van der Waals surface area (Å²) in [5.41, 5.74) is 5.01. The van der Waals surface area contributed by atoms with Crippen LogP contribution in [-0.2, 0) is 14.8 Å². The third-order valence-electron chi connectivity index (χ3n) is 2.93. The van der Waals surface area contributed by atoms with Gasteiger partial charge in [-0.05, 0) is 18.6 Å². The zero-order chi connectivity index (χ0) is 14.9. The molecule has 2 rings (SSSR count). The van der Waals surface area contributed by atoms with E-state index in [4.69, 9.17) is 17.3 Å². The van der Waals surface area contributed by atoms with Gasteiger partial charge >= 0.3 is 0 Å². The van der Waals surface area contributed by atoms with Crippen LogP contribution >= 0.6 is 11.6 Å². The second-order valence-electron chi connectivity index (χ2n) is 4.46. The summed E-state index contributed by atoms with van der Waals surface area (Å²) in [6.45, 7) is -0.0140. The fraction of sp³-hybridized carbons (Fsp3) is 0.364. The number of rotatable bonds is 4. The Bertz CT molecular complexity index is 651. The number of halogens is 2. The number of nitrogen functional groups attached to an aromatic ring is 1. The molecule has 20 heavy (non-hydrogen) atoms. The van der Waals surface area contributed by atoms with E-state index >= 15 is 0 Å². The normalized spacial score (nSPS) is 19.1. The molecule has 1 fully saturated rings. The van der Waals surface area contributed by atoms with E-state index in [-0.39, 0.29) is 29.2 Å². The average molecular weight is 322 g/mol. The van der Waals surface area contributed by atoms with Crippen LogP contribution in [0.4, 0.5) is 10.1 Å². The molecule has 0 saturated carbocycles. The Morgan fingerprint density at radius 2 is 2.20 bits per heavy atom. The van der Waals surface area contributed by atoms with Gasteiger partial charge < -0.3 is 11.1 Å². The first kappa shape index (κ1) is 15.0. The summed E-state index contributed by atoms with van der Waals surface area (Å²) in [6.07, 6.45) is 0.881. The van der Waals surface area contributed by atoms with E-state index in [1.165, 1.54) is 0 Å². The molecule has 0 aromatic heterocycles. The maximum atomic E-state index is 13.8. The van der Waals surface area contributed by atoms with Crippen molar-refractivity contribution >= 4 is 33.2 Å². The molecule has 1 atom stereocenters. The number of hydrogen-bond acceptors (Lipinski definition) is 4. The largest absolute Gasteiger partial charge is 0.396 e. The number of carbonyl (C=O) groups excluding carboxylic acids is 1. The molecule has 1 aromatic rings. The molecule has 0 bridgehead atoms. The Balaban J connectivity index is 2.16. The quantitative estimate of drug-likeness (QED) is 0.707. The van der Waals surface area contributed by atoms with Crippen molar-refractivity contribution in [3.63, 3.8) is 0 Å². The van der Waals surface area contributed by atoms with Crippen LogP contribution in [0.5, 0.6) is 0 Å². The SMILES string of the molecule is Nc1cc(Cl)cc(S(=O)(=O)NCC2CCC(=O)N2)c1F. The van der Waals surface area contributed by atoms with Crippen molar-refractivity contribution in [3.05, 3.63) is 23.0 Å². The minimum absolute atomic E-state index is 0.0140. The van der Waals surface area contributed by atoms with Crippen LogP contribution < -0.4 is 15.8 Å². The van der Waals surface area contributed by atoms with Crippen molar-refractivity contribution in [1.29, 1.82) is 0 Å². The van der Waals surface area contributed by atoms with Gasteiger partial charge in [0, 0.05) is 24.0 Å². The molecular formula is C11H13ClFN3O3S. The van der Waals surface area contributed by atoms with E-state index in [1.807, 2.05) is 0 Å². The molecule has 1 heterocycles. The Kier molecular flexibility index (Phi) is 4.17. The van der Waals surface area contributed by atoms with Crippen molar-refractivity contribution in [2.24, 2.45) is 0 Å². The Labute approximate surface area is 120 Å². The third kappa shape index (κ3) is 3.20. The average Bonchev–Trinajstić information content (AvgIpc) is 2.77. The lowest BCUT2D eigenvalue weighted by Gasteiger charge is -2.13. The van der Waals surface area contributed by atoms with E-state index in [0.29, 0.717) is 12.8 Å². The predicted molar refractivity (Wildman–Crippen MR) is 72.2 cm³/mol. The fourth-order valence-corrected chi connectivity index (χ4v) is 3.40. The molecule has 0 radical (unpaired) electrons. The number of carbonyl (C=O) groups is 1. The minimum atomic E-state index is -4.08. The molecule has 0 aliphatic carbocycles. The van der Waals surface area contributed by atoms with Gasteiger partial charge in [0.15, 0.2) is 5.82 Å². The van der Waals surface area contributed by atoms with E-state index in [9.17, 15) is 17.6 Å². The lowest BCUT2D eigenvalue weighted by molar-refractivity contribution is -0.119. The number of hydrogen-bond donors (Lipinski definition) is 3. The lowest BCUT2D eigenvalue weighted by Crippen LogP contribution is -2.38. The first-order chi connectivity index (χ1) is 9.29. The highest BCUT2D eigenvalue weighted by Crippen LogP contribution is 2.25. The first-order valence-corrected chi connectivity index (χ1v) is 7.69. The van der Waals surface area contributed by atoms with Crippen LogP contribution in [0.15, 0.2) is 17.0 Å². The summed E-state index contributed by atoms with van der Waals surface area (Å²) in [4.78, 5) is 10.4. The second-order valence-corrected chi connectivity index (χ2v) is 6.63. The summed E-state index contributed by atoms with van der Waals surface area (Å²) in [7, 11) is -4.08. The van der Waals surface area contributed by atoms with Crippen LogP contribution in [0.1, 0.15) is 12.8 Å². The molecule has 1 aliphatic rings. The van der Waals surface area contributed by atoms with Gasteiger partial charge in [-0.25, -0.2) is 17.5 Å². The van der Waals surface area contributed by atoms with E-state index in [1.54, 1.807) is 0 Å². The highest BCUT2D eigenvalue weighted by Gasteiger charge is 2.25. The lowest BCUT2D eigenvalue weighted by atomic mass is 10.2. The Hall–Kier alpha value is -1.38. The van der Waals surface area contributed by atoms with Crippen LogP contribution in [0.25, 0.3) is 0 Å². The summed E-state index contributed by atoms with van der Waals surface area (Å²) in [5.74, 6) is -1.18. The van der Waals surface area contributed by atoms with E-state index in [0.717, 1.165) is 12.1 Å². The van der Waals surface area contributed by atoms with Gasteiger partial charge in [-0.1, -0.05) is 11.6 Å². The van der Waals surface area contributed by atoms with Crippen molar-refractivity contribution in [2.75, 3.05) is 12.3 Å². The topological polar surface area (TPSA) is 101 Å². The van der Waals surface area contributed by atoms with Gasteiger partial charge in [-0.15, -0.1) is 0 Å². The number of amides is 1. The molecular weight excluding hydrogens is 309 g/mol. The zero-order valence-electron chi connectivity index (χ0n) is 10.3. The van der Waals surface area contributed by atoms with Crippen LogP contribution in [-0.4, -0.2) is 26.9 Å². The second kappa shape index (κ2) is 5.55. The maximum Gasteiger partial charge on any atom is 0.243 e. The molecule has 9 heteroatoms. The number of anilines is 1. The predicted octanol–water partition coefficient (Wildman–Crippen LogP) is 0.618. The molecule has 1 aromatic carbocycles. The first-order valence-electron chi connectivity index (χ1n) is 5.83. The summed E-state index contributed by atoms with van der Waals surface area (Å²) in [6, 6.07) is 1.83. The van der Waals surface area contributed by atoms with Gasteiger partial charge in [0.25, 0.3) is 0 Å². The van der Waals surface area contributed by atoms with Crippen molar-refractivity contribution in [2.45, 2.75) is 23.8 Å². The van der Waals surface area contributed by atoms with Gasteiger partial charge in [-0.2, -0.15) is 0 Å². The molecule has 1 unspecified atom stereocenters. The molecule has 1 amide bonds. The van der Waals surface area contributed by atoms with Gasteiger partial charge in [0.05, 0.1) is 5.69 Å². The fourth-order valence-electron chi connectivity index (χ4n) is 1.90. The Morgan fingerprint density at radius 3 is 2.80 bits per heavy atom. The summed E-state index contributed by atoms with van der Waals surface area (Å²) < 4.78 is 40.0. The monoisotopic (exact) mass is 321 g/mol. The number of benzene rings is 1. The molecule has 4 N–H and O–H groups in total. The number of nitrogens with one attached hydrogen (secondary N) is 2. The van der Waals surface area contributed by atoms with Crippen LogP contribution in [0.3, 0.4) is 0 Å². The van der Waals surface area contributed by atoms with E-state index < -0.39 is 20.7 Å². The highest BCUT2D eigenvalue weighted by molar-refractivity contribution is 7.89. The molecule has 1 saturated heterocycles. The molecule has 110 valence electrons.